The molecule has 1 aromatic carbocycles. The van der Waals surface area contributed by atoms with Gasteiger partial charge >= 0.3 is 0 Å². The predicted molar refractivity (Wildman–Crippen MR) is 63.6 cm³/mol. The number of hydrogen-bond donors (Lipinski definition) is 0. The Labute approximate surface area is 87.7 Å². The van der Waals surface area contributed by atoms with Gasteiger partial charge in [-0.05, 0) is 31.2 Å². The molecule has 1 aromatic rings. The largest absolute Gasteiger partial charge is 0.0888 e. The minimum Gasteiger partial charge on any atom is -0.0888 e. The topological polar surface area (TPSA) is 0 Å². The molecule has 1 rings (SSSR count). The molecule has 76 valence electrons. The average Bonchev–Trinajstić information content (AvgIpc) is 2.19. The molecular weight excluding hydrogens is 168 g/mol. The van der Waals surface area contributed by atoms with Crippen molar-refractivity contribution in [2.24, 2.45) is 0 Å². The minimum absolute atomic E-state index is 0.637. The fourth-order valence-corrected chi connectivity index (χ4v) is 1.50. The van der Waals surface area contributed by atoms with Gasteiger partial charge in [-0.3, -0.25) is 0 Å². The molecular formula is C14H20. The van der Waals surface area contributed by atoms with Crippen LogP contribution in [-0.2, 0) is 0 Å². The van der Waals surface area contributed by atoms with Crippen molar-refractivity contribution in [3.63, 3.8) is 0 Å². The first-order valence-corrected chi connectivity index (χ1v) is 5.45. The van der Waals surface area contributed by atoms with E-state index in [9.17, 15) is 0 Å². The van der Waals surface area contributed by atoms with E-state index >= 15 is 0 Å². The van der Waals surface area contributed by atoms with Gasteiger partial charge in [-0.25, -0.2) is 0 Å². The lowest BCUT2D eigenvalue weighted by atomic mass is 9.97. The van der Waals surface area contributed by atoms with Gasteiger partial charge in [0.25, 0.3) is 0 Å². The Hall–Kier alpha value is -1.04. The van der Waals surface area contributed by atoms with Gasteiger partial charge in [-0.1, -0.05) is 55.8 Å². The van der Waals surface area contributed by atoms with Gasteiger partial charge in [0.2, 0.25) is 0 Å². The zero-order valence-corrected chi connectivity index (χ0v) is 9.46. The van der Waals surface area contributed by atoms with Crippen LogP contribution in [0.1, 0.15) is 43.7 Å². The van der Waals surface area contributed by atoms with Crippen molar-refractivity contribution in [2.75, 3.05) is 0 Å². The predicted octanol–water partition coefficient (Wildman–Crippen LogP) is 4.45. The van der Waals surface area contributed by atoms with Crippen molar-refractivity contribution < 1.29 is 0 Å². The van der Waals surface area contributed by atoms with Gasteiger partial charge in [-0.2, -0.15) is 0 Å². The summed E-state index contributed by atoms with van der Waals surface area (Å²) in [5.41, 5.74) is 2.78. The quantitative estimate of drug-likeness (QED) is 0.612. The Morgan fingerprint density at radius 1 is 1.14 bits per heavy atom. The van der Waals surface area contributed by atoms with Gasteiger partial charge < -0.3 is 0 Å². The van der Waals surface area contributed by atoms with Crippen LogP contribution in [0.25, 0.3) is 0 Å². The highest BCUT2D eigenvalue weighted by molar-refractivity contribution is 5.24. The zero-order valence-electron chi connectivity index (χ0n) is 9.46. The van der Waals surface area contributed by atoms with Crippen molar-refractivity contribution in [1.82, 2.24) is 0 Å². The van der Waals surface area contributed by atoms with Gasteiger partial charge in [0.05, 0.1) is 0 Å². The van der Waals surface area contributed by atoms with E-state index in [-0.39, 0.29) is 0 Å². The highest BCUT2D eigenvalue weighted by Crippen LogP contribution is 2.19. The standard InChI is InChI=1S/C14H20/c1-4-5-6-7-13(3)14-10-8-12(2)9-11-14/h5-6,8-11,13H,4,7H2,1-3H3/b6-5-. The third-order valence-electron chi connectivity index (χ3n) is 2.54. The van der Waals surface area contributed by atoms with E-state index in [1.165, 1.54) is 11.1 Å². The van der Waals surface area contributed by atoms with E-state index in [0.29, 0.717) is 5.92 Å². The van der Waals surface area contributed by atoms with Crippen LogP contribution in [0, 0.1) is 6.92 Å². The second kappa shape index (κ2) is 5.64. The lowest BCUT2D eigenvalue weighted by Gasteiger charge is -2.09. The maximum Gasteiger partial charge on any atom is -0.0156 e. The van der Waals surface area contributed by atoms with Crippen LogP contribution in [0.4, 0.5) is 0 Å². The first-order valence-electron chi connectivity index (χ1n) is 5.45. The summed E-state index contributed by atoms with van der Waals surface area (Å²) < 4.78 is 0. The molecule has 0 amide bonds. The molecule has 0 N–H and O–H groups in total. The van der Waals surface area contributed by atoms with Crippen LogP contribution >= 0.6 is 0 Å². The maximum absolute atomic E-state index is 2.28. The monoisotopic (exact) mass is 188 g/mol. The van der Waals surface area contributed by atoms with Crippen molar-refractivity contribution in [3.05, 3.63) is 47.5 Å². The van der Waals surface area contributed by atoms with E-state index in [1.807, 2.05) is 0 Å². The van der Waals surface area contributed by atoms with E-state index in [0.717, 1.165) is 12.8 Å². The second-order valence-electron chi connectivity index (χ2n) is 3.93. The summed E-state index contributed by atoms with van der Waals surface area (Å²) in [6.07, 6.45) is 6.81. The Morgan fingerprint density at radius 3 is 2.36 bits per heavy atom. The Kier molecular flexibility index (Phi) is 4.45. The first-order chi connectivity index (χ1) is 6.74. The van der Waals surface area contributed by atoms with Crippen molar-refractivity contribution >= 4 is 0 Å². The van der Waals surface area contributed by atoms with Crippen LogP contribution in [0.15, 0.2) is 36.4 Å². The summed E-state index contributed by atoms with van der Waals surface area (Å²) in [4.78, 5) is 0. The van der Waals surface area contributed by atoms with E-state index in [4.69, 9.17) is 0 Å². The van der Waals surface area contributed by atoms with Crippen molar-refractivity contribution in [1.29, 1.82) is 0 Å². The molecule has 0 heteroatoms. The van der Waals surface area contributed by atoms with Gasteiger partial charge in [0.15, 0.2) is 0 Å². The molecule has 14 heavy (non-hydrogen) atoms. The molecule has 0 saturated heterocycles. The molecule has 0 radical (unpaired) electrons. The highest BCUT2D eigenvalue weighted by atomic mass is 14.1. The number of hydrogen-bond acceptors (Lipinski definition) is 0. The summed E-state index contributed by atoms with van der Waals surface area (Å²) >= 11 is 0. The van der Waals surface area contributed by atoms with Crippen LogP contribution in [0.3, 0.4) is 0 Å². The SMILES string of the molecule is CC/C=C\CC(C)c1ccc(C)cc1. The molecule has 0 fully saturated rings. The molecule has 0 aliphatic carbocycles. The molecule has 0 heterocycles. The number of aryl methyl sites for hydroxylation is 1. The van der Waals surface area contributed by atoms with Gasteiger partial charge in [-0.15, -0.1) is 0 Å². The molecule has 1 atom stereocenters. The minimum atomic E-state index is 0.637. The smallest absolute Gasteiger partial charge is 0.0156 e. The molecule has 0 aliphatic rings. The molecule has 1 unspecified atom stereocenters. The summed E-state index contributed by atoms with van der Waals surface area (Å²) in [5, 5.41) is 0. The molecule has 0 nitrogen and oxygen atoms in total. The summed E-state index contributed by atoms with van der Waals surface area (Å²) in [5.74, 6) is 0.637. The van der Waals surface area contributed by atoms with Crippen LogP contribution in [-0.4, -0.2) is 0 Å². The lowest BCUT2D eigenvalue weighted by Crippen LogP contribution is -1.91. The number of benzene rings is 1. The summed E-state index contributed by atoms with van der Waals surface area (Å²) in [6, 6.07) is 8.85. The summed E-state index contributed by atoms with van der Waals surface area (Å²) in [7, 11) is 0. The van der Waals surface area contributed by atoms with E-state index in [2.05, 4.69) is 57.2 Å². The normalized spacial score (nSPS) is 13.4. The maximum atomic E-state index is 2.28. The Bertz CT molecular complexity index is 279. The third-order valence-corrected chi connectivity index (χ3v) is 2.54. The number of allylic oxidation sites excluding steroid dienone is 2. The van der Waals surface area contributed by atoms with Gasteiger partial charge in [0.1, 0.15) is 0 Å². The molecule has 0 aliphatic heterocycles. The second-order valence-corrected chi connectivity index (χ2v) is 3.93. The van der Waals surface area contributed by atoms with Crippen LogP contribution < -0.4 is 0 Å². The molecule has 0 spiro atoms. The first kappa shape index (κ1) is 11.0. The Morgan fingerprint density at radius 2 is 1.79 bits per heavy atom. The fraction of sp³-hybridized carbons (Fsp3) is 0.429. The van der Waals surface area contributed by atoms with E-state index < -0.39 is 0 Å². The molecule has 0 bridgehead atoms. The Balaban J connectivity index is 2.56. The van der Waals surface area contributed by atoms with Crippen molar-refractivity contribution in [3.8, 4) is 0 Å². The third kappa shape index (κ3) is 3.37. The van der Waals surface area contributed by atoms with Crippen molar-refractivity contribution in [2.45, 2.75) is 39.5 Å². The number of rotatable bonds is 4. The highest BCUT2D eigenvalue weighted by Gasteiger charge is 2.01. The summed E-state index contributed by atoms with van der Waals surface area (Å²) in [6.45, 7) is 6.59. The molecule has 0 aromatic heterocycles. The van der Waals surface area contributed by atoms with Gasteiger partial charge in [0, 0.05) is 0 Å². The molecule has 0 saturated carbocycles. The average molecular weight is 188 g/mol. The fourth-order valence-electron chi connectivity index (χ4n) is 1.50. The van der Waals surface area contributed by atoms with Crippen LogP contribution in [0.5, 0.6) is 0 Å². The lowest BCUT2D eigenvalue weighted by molar-refractivity contribution is 0.778. The zero-order chi connectivity index (χ0) is 10.4. The van der Waals surface area contributed by atoms with E-state index in [1.54, 1.807) is 0 Å². The van der Waals surface area contributed by atoms with Crippen LogP contribution in [0.2, 0.25) is 0 Å².